The van der Waals surface area contributed by atoms with Gasteiger partial charge in [0.2, 0.25) is 0 Å². The molecule has 0 N–H and O–H groups in total. The molecule has 1 saturated carbocycles. The van der Waals surface area contributed by atoms with Gasteiger partial charge in [-0.1, -0.05) is 34.5 Å². The van der Waals surface area contributed by atoms with Crippen molar-refractivity contribution in [3.05, 3.63) is 34.3 Å². The first-order valence-electron chi connectivity index (χ1n) is 6.01. The van der Waals surface area contributed by atoms with E-state index in [0.29, 0.717) is 5.56 Å². The Morgan fingerprint density at radius 1 is 1.17 bits per heavy atom. The van der Waals surface area contributed by atoms with Crippen LogP contribution in [-0.2, 0) is 9.53 Å². The minimum atomic E-state index is -0.272. The van der Waals surface area contributed by atoms with Gasteiger partial charge in [-0.3, -0.25) is 9.59 Å². The number of rotatable bonds is 3. The number of Topliss-reactive ketones (excluding diaryl/α,β-unsaturated/α-hetero) is 1. The van der Waals surface area contributed by atoms with E-state index in [4.69, 9.17) is 4.74 Å². The van der Waals surface area contributed by atoms with Crippen LogP contribution in [0.3, 0.4) is 0 Å². The molecule has 0 heterocycles. The second-order valence-corrected chi connectivity index (χ2v) is 5.45. The molecule has 1 unspecified atom stereocenters. The molecule has 0 amide bonds. The fourth-order valence-electron chi connectivity index (χ4n) is 2.54. The highest BCUT2D eigenvalue weighted by Gasteiger charge is 2.38. The van der Waals surface area contributed by atoms with Crippen LogP contribution in [-0.4, -0.2) is 18.9 Å². The highest BCUT2D eigenvalue weighted by molar-refractivity contribution is 9.10. The molecule has 1 fully saturated rings. The fraction of sp³-hybridized carbons (Fsp3) is 0.429. The van der Waals surface area contributed by atoms with Gasteiger partial charge in [0.25, 0.3) is 0 Å². The Morgan fingerprint density at radius 3 is 2.39 bits per heavy atom. The maximum atomic E-state index is 12.4. The van der Waals surface area contributed by atoms with Gasteiger partial charge in [-0.2, -0.15) is 0 Å². The van der Waals surface area contributed by atoms with Crippen LogP contribution in [0.15, 0.2) is 28.7 Å². The van der Waals surface area contributed by atoms with Gasteiger partial charge in [-0.25, -0.2) is 0 Å². The number of ether oxygens (including phenoxy) is 1. The highest BCUT2D eigenvalue weighted by Crippen LogP contribution is 2.35. The van der Waals surface area contributed by atoms with E-state index in [1.807, 2.05) is 12.1 Å². The third kappa shape index (κ3) is 2.64. The lowest BCUT2D eigenvalue weighted by Crippen LogP contribution is -2.26. The van der Waals surface area contributed by atoms with Gasteiger partial charge in [0.15, 0.2) is 5.78 Å². The number of methoxy groups -OCH3 is 1. The van der Waals surface area contributed by atoms with Crippen LogP contribution >= 0.6 is 15.9 Å². The number of carbonyl (C=O) groups excluding carboxylic acids is 2. The van der Waals surface area contributed by atoms with Crippen LogP contribution in [0.25, 0.3) is 0 Å². The lowest BCUT2D eigenvalue weighted by atomic mass is 9.88. The predicted molar refractivity (Wildman–Crippen MR) is 71.3 cm³/mol. The molecular weight excluding hydrogens is 296 g/mol. The molecule has 1 aromatic rings. The lowest BCUT2D eigenvalue weighted by molar-refractivity contribution is -0.146. The van der Waals surface area contributed by atoms with E-state index >= 15 is 0 Å². The molecule has 3 nitrogen and oxygen atoms in total. The Labute approximate surface area is 115 Å². The third-order valence-corrected chi connectivity index (χ3v) is 4.01. The minimum absolute atomic E-state index is 0.0513. The monoisotopic (exact) mass is 310 g/mol. The first kappa shape index (κ1) is 13.3. The molecule has 96 valence electrons. The second-order valence-electron chi connectivity index (χ2n) is 4.54. The molecule has 0 radical (unpaired) electrons. The number of hydrogen-bond donors (Lipinski definition) is 0. The highest BCUT2D eigenvalue weighted by atomic mass is 79.9. The molecule has 4 heteroatoms. The molecular formula is C14H15BrO3. The van der Waals surface area contributed by atoms with Crippen LogP contribution in [0.5, 0.6) is 0 Å². The molecule has 1 aromatic carbocycles. The van der Waals surface area contributed by atoms with Crippen molar-refractivity contribution in [2.75, 3.05) is 7.11 Å². The number of halogens is 1. The van der Waals surface area contributed by atoms with Gasteiger partial charge in [-0.05, 0) is 25.0 Å². The standard InChI is InChI=1S/C14H15BrO3/c1-18-14(17)12-4-2-3-11(12)13(16)9-5-7-10(15)8-6-9/h5-8,11-12H,2-4H2,1H3/t11-,12?/m1/s1. The molecule has 0 saturated heterocycles. The summed E-state index contributed by atoms with van der Waals surface area (Å²) < 4.78 is 5.71. The molecule has 0 spiro atoms. The summed E-state index contributed by atoms with van der Waals surface area (Å²) in [4.78, 5) is 24.0. The van der Waals surface area contributed by atoms with Crippen LogP contribution in [0, 0.1) is 11.8 Å². The summed E-state index contributed by atoms with van der Waals surface area (Å²) in [7, 11) is 1.38. The number of benzene rings is 1. The van der Waals surface area contributed by atoms with Crippen LogP contribution in [0.4, 0.5) is 0 Å². The molecule has 2 atom stereocenters. The van der Waals surface area contributed by atoms with Gasteiger partial charge in [0, 0.05) is 16.0 Å². The van der Waals surface area contributed by atoms with Crippen molar-refractivity contribution in [1.82, 2.24) is 0 Å². The quantitative estimate of drug-likeness (QED) is 0.636. The van der Waals surface area contributed by atoms with Gasteiger partial charge in [-0.15, -0.1) is 0 Å². The Balaban J connectivity index is 2.17. The maximum Gasteiger partial charge on any atom is 0.309 e. The summed E-state index contributed by atoms with van der Waals surface area (Å²) in [5.41, 5.74) is 0.666. The van der Waals surface area contributed by atoms with Crippen molar-refractivity contribution in [1.29, 1.82) is 0 Å². The smallest absolute Gasteiger partial charge is 0.309 e. The maximum absolute atomic E-state index is 12.4. The summed E-state index contributed by atoms with van der Waals surface area (Å²) in [6.07, 6.45) is 2.43. The lowest BCUT2D eigenvalue weighted by Gasteiger charge is -2.16. The normalized spacial score (nSPS) is 22.8. The zero-order chi connectivity index (χ0) is 13.1. The molecule has 1 aliphatic carbocycles. The van der Waals surface area contributed by atoms with E-state index in [-0.39, 0.29) is 23.6 Å². The third-order valence-electron chi connectivity index (χ3n) is 3.49. The molecule has 1 aliphatic rings. The van der Waals surface area contributed by atoms with Crippen molar-refractivity contribution >= 4 is 27.7 Å². The topological polar surface area (TPSA) is 43.4 Å². The first-order chi connectivity index (χ1) is 8.63. The van der Waals surface area contributed by atoms with Crippen molar-refractivity contribution in [2.24, 2.45) is 11.8 Å². The molecule has 0 aliphatic heterocycles. The van der Waals surface area contributed by atoms with E-state index in [2.05, 4.69) is 15.9 Å². The van der Waals surface area contributed by atoms with E-state index in [9.17, 15) is 9.59 Å². The van der Waals surface area contributed by atoms with Crippen molar-refractivity contribution in [2.45, 2.75) is 19.3 Å². The van der Waals surface area contributed by atoms with Gasteiger partial charge >= 0.3 is 5.97 Å². The zero-order valence-electron chi connectivity index (χ0n) is 10.2. The number of hydrogen-bond acceptors (Lipinski definition) is 3. The van der Waals surface area contributed by atoms with E-state index < -0.39 is 0 Å². The SMILES string of the molecule is COC(=O)C1CCC[C@H]1C(=O)c1ccc(Br)cc1. The minimum Gasteiger partial charge on any atom is -0.469 e. The Kier molecular flexibility index (Phi) is 4.17. The molecule has 18 heavy (non-hydrogen) atoms. The number of carbonyl (C=O) groups is 2. The van der Waals surface area contributed by atoms with E-state index in [1.54, 1.807) is 12.1 Å². The molecule has 2 rings (SSSR count). The summed E-state index contributed by atoms with van der Waals surface area (Å²) in [5, 5.41) is 0. The summed E-state index contributed by atoms with van der Waals surface area (Å²) in [6, 6.07) is 7.27. The summed E-state index contributed by atoms with van der Waals surface area (Å²) in [5.74, 6) is -0.705. The van der Waals surface area contributed by atoms with Gasteiger partial charge in [0.1, 0.15) is 0 Å². The summed E-state index contributed by atoms with van der Waals surface area (Å²) >= 11 is 3.34. The fourth-order valence-corrected chi connectivity index (χ4v) is 2.80. The molecule has 0 aromatic heterocycles. The zero-order valence-corrected chi connectivity index (χ0v) is 11.8. The first-order valence-corrected chi connectivity index (χ1v) is 6.80. The van der Waals surface area contributed by atoms with Crippen LogP contribution in [0.2, 0.25) is 0 Å². The number of ketones is 1. The van der Waals surface area contributed by atoms with E-state index in [0.717, 1.165) is 23.7 Å². The largest absolute Gasteiger partial charge is 0.469 e. The van der Waals surface area contributed by atoms with Gasteiger partial charge < -0.3 is 4.74 Å². The second kappa shape index (κ2) is 5.65. The van der Waals surface area contributed by atoms with Crippen molar-refractivity contribution in [3.8, 4) is 0 Å². The van der Waals surface area contributed by atoms with Crippen LogP contribution in [0.1, 0.15) is 29.6 Å². The average molecular weight is 311 g/mol. The Morgan fingerprint density at radius 2 is 1.78 bits per heavy atom. The molecule has 0 bridgehead atoms. The van der Waals surface area contributed by atoms with Crippen LogP contribution < -0.4 is 0 Å². The predicted octanol–water partition coefficient (Wildman–Crippen LogP) is 3.22. The van der Waals surface area contributed by atoms with Crippen molar-refractivity contribution in [3.63, 3.8) is 0 Å². The average Bonchev–Trinajstić information content (AvgIpc) is 2.87. The van der Waals surface area contributed by atoms with Crippen molar-refractivity contribution < 1.29 is 14.3 Å². The Bertz CT molecular complexity index is 453. The summed E-state index contributed by atoms with van der Waals surface area (Å²) in [6.45, 7) is 0. The van der Waals surface area contributed by atoms with Gasteiger partial charge in [0.05, 0.1) is 13.0 Å². The number of esters is 1. The Hall–Kier alpha value is -1.16. The van der Waals surface area contributed by atoms with E-state index in [1.165, 1.54) is 7.11 Å².